The molecular weight excluding hydrogens is 377 g/mol. The number of hydrogen-bond donors (Lipinski definition) is 2. The molecule has 1 saturated heterocycles. The molecule has 1 aliphatic rings. The Morgan fingerprint density at radius 1 is 1.24 bits per heavy atom. The van der Waals surface area contributed by atoms with E-state index in [2.05, 4.69) is 29.5 Å². The molecule has 0 aromatic rings. The summed E-state index contributed by atoms with van der Waals surface area (Å²) >= 11 is 1.73. The first-order valence-corrected chi connectivity index (χ1v) is 10.7. The zero-order valence-electron chi connectivity index (χ0n) is 15.0. The fourth-order valence-corrected chi connectivity index (χ4v) is 3.53. The molecule has 2 N–H and O–H groups in total. The van der Waals surface area contributed by atoms with E-state index in [1.54, 1.807) is 18.8 Å². The molecule has 0 aliphatic carbocycles. The van der Waals surface area contributed by atoms with Gasteiger partial charge < -0.3 is 10.6 Å². The smallest absolute Gasteiger partial charge is 0.356 e. The van der Waals surface area contributed by atoms with Crippen molar-refractivity contribution in [3.8, 4) is 0 Å². The molecule has 1 heterocycles. The molecule has 1 fully saturated rings. The van der Waals surface area contributed by atoms with Gasteiger partial charge in [-0.1, -0.05) is 0 Å². The van der Waals surface area contributed by atoms with Gasteiger partial charge in [0.15, 0.2) is 5.96 Å². The number of alkyl halides is 3. The number of thioether (sulfide) groups is 1. The first-order valence-electron chi connectivity index (χ1n) is 7.99. The minimum absolute atomic E-state index is 0.0505. The van der Waals surface area contributed by atoms with E-state index in [1.165, 1.54) is 0 Å². The molecule has 148 valence electrons. The molecule has 11 heteroatoms. The minimum Gasteiger partial charge on any atom is -0.356 e. The van der Waals surface area contributed by atoms with E-state index in [1.807, 2.05) is 6.26 Å². The van der Waals surface area contributed by atoms with Crippen molar-refractivity contribution in [3.63, 3.8) is 0 Å². The van der Waals surface area contributed by atoms with Gasteiger partial charge in [0.1, 0.15) is 0 Å². The van der Waals surface area contributed by atoms with Crippen LogP contribution in [-0.4, -0.2) is 68.4 Å². The van der Waals surface area contributed by atoms with E-state index >= 15 is 0 Å². The second-order valence-corrected chi connectivity index (χ2v) is 10.0. The lowest BCUT2D eigenvalue weighted by atomic mass is 9.98. The van der Waals surface area contributed by atoms with E-state index in [9.17, 15) is 21.6 Å². The molecule has 0 atom stereocenters. The molecule has 0 spiro atoms. The van der Waals surface area contributed by atoms with Crippen LogP contribution < -0.4 is 10.6 Å². The van der Waals surface area contributed by atoms with Crippen molar-refractivity contribution in [3.05, 3.63) is 0 Å². The van der Waals surface area contributed by atoms with Gasteiger partial charge >= 0.3 is 15.5 Å². The number of aliphatic imine (C=N–C) groups is 1. The molecule has 1 rings (SSSR count). The van der Waals surface area contributed by atoms with E-state index in [0.29, 0.717) is 29.7 Å². The summed E-state index contributed by atoms with van der Waals surface area (Å²) in [6.07, 6.45) is 2.80. The Morgan fingerprint density at radius 3 is 2.24 bits per heavy atom. The monoisotopic (exact) mass is 404 g/mol. The molecule has 0 aromatic carbocycles. The molecule has 1 aliphatic heterocycles. The van der Waals surface area contributed by atoms with Crippen molar-refractivity contribution < 1.29 is 21.6 Å². The van der Waals surface area contributed by atoms with Crippen molar-refractivity contribution >= 4 is 27.7 Å². The largest absolute Gasteiger partial charge is 0.511 e. The van der Waals surface area contributed by atoms with Gasteiger partial charge in [-0.3, -0.25) is 4.99 Å². The Kier molecular flexibility index (Phi) is 7.88. The van der Waals surface area contributed by atoms with E-state index < -0.39 is 15.5 Å². The summed E-state index contributed by atoms with van der Waals surface area (Å²) in [7, 11) is -3.56. The van der Waals surface area contributed by atoms with Crippen LogP contribution in [0.1, 0.15) is 26.7 Å². The zero-order chi connectivity index (χ0) is 19.3. The van der Waals surface area contributed by atoms with Crippen LogP contribution in [0.5, 0.6) is 0 Å². The van der Waals surface area contributed by atoms with Crippen LogP contribution in [0.3, 0.4) is 0 Å². The Balaban J connectivity index is 2.44. The molecule has 6 nitrogen and oxygen atoms in total. The van der Waals surface area contributed by atoms with Crippen molar-refractivity contribution in [2.45, 2.75) is 36.9 Å². The normalized spacial score (nSPS) is 19.1. The molecule has 0 amide bonds. The van der Waals surface area contributed by atoms with Crippen LogP contribution in [0.15, 0.2) is 4.99 Å². The van der Waals surface area contributed by atoms with Crippen molar-refractivity contribution in [1.82, 2.24) is 14.9 Å². The van der Waals surface area contributed by atoms with Crippen molar-refractivity contribution in [2.24, 2.45) is 10.9 Å². The molecule has 0 aromatic heterocycles. The summed E-state index contributed by atoms with van der Waals surface area (Å²) in [5.74, 6) is 0.735. The number of sulfonamides is 1. The fraction of sp³-hybridized carbons (Fsp3) is 0.929. The average Bonchev–Trinajstić information content (AvgIpc) is 2.54. The Bertz CT molecular complexity index is 557. The van der Waals surface area contributed by atoms with E-state index in [-0.39, 0.29) is 23.8 Å². The topological polar surface area (TPSA) is 73.8 Å². The van der Waals surface area contributed by atoms with Gasteiger partial charge in [0.05, 0.1) is 0 Å². The quantitative estimate of drug-likeness (QED) is 0.522. The third kappa shape index (κ3) is 6.52. The summed E-state index contributed by atoms with van der Waals surface area (Å²) in [5, 5.41) is 6.38. The Hall–Kier alpha value is -0.680. The Labute approximate surface area is 152 Å². The third-order valence-corrected chi connectivity index (χ3v) is 7.10. The van der Waals surface area contributed by atoms with Gasteiger partial charge in [-0.05, 0) is 38.9 Å². The van der Waals surface area contributed by atoms with Crippen LogP contribution in [0.4, 0.5) is 13.2 Å². The highest BCUT2D eigenvalue weighted by Crippen LogP contribution is 2.30. The van der Waals surface area contributed by atoms with E-state index in [0.717, 1.165) is 6.54 Å². The molecule has 0 radical (unpaired) electrons. The van der Waals surface area contributed by atoms with Crippen LogP contribution in [0.2, 0.25) is 0 Å². The average molecular weight is 405 g/mol. The predicted molar refractivity (Wildman–Crippen MR) is 96.2 cm³/mol. The minimum atomic E-state index is -5.23. The van der Waals surface area contributed by atoms with Crippen LogP contribution >= 0.6 is 11.8 Å². The number of rotatable bonds is 6. The molecule has 0 bridgehead atoms. The van der Waals surface area contributed by atoms with Crippen LogP contribution in [0.25, 0.3) is 0 Å². The summed E-state index contributed by atoms with van der Waals surface area (Å²) in [4.78, 5) is 4.13. The molecule has 0 saturated carbocycles. The second kappa shape index (κ2) is 8.81. The number of hydrogen-bond acceptors (Lipinski definition) is 4. The summed E-state index contributed by atoms with van der Waals surface area (Å²) < 4.78 is 61.0. The number of nitrogens with zero attached hydrogens (tertiary/aromatic N) is 2. The maximum atomic E-state index is 12.6. The van der Waals surface area contributed by atoms with Crippen molar-refractivity contribution in [1.29, 1.82) is 0 Å². The van der Waals surface area contributed by atoms with Crippen LogP contribution in [0, 0.1) is 5.92 Å². The highest BCUT2D eigenvalue weighted by atomic mass is 32.2. The molecular formula is C14H27F3N4O2S2. The fourth-order valence-electron chi connectivity index (χ4n) is 2.33. The highest BCUT2D eigenvalue weighted by molar-refractivity contribution is 7.99. The van der Waals surface area contributed by atoms with Gasteiger partial charge in [-0.15, -0.1) is 0 Å². The zero-order valence-corrected chi connectivity index (χ0v) is 16.6. The summed E-state index contributed by atoms with van der Waals surface area (Å²) in [6, 6.07) is 0. The van der Waals surface area contributed by atoms with Gasteiger partial charge in [-0.25, -0.2) is 8.42 Å². The Morgan fingerprint density at radius 2 is 1.80 bits per heavy atom. The lowest BCUT2D eigenvalue weighted by Crippen LogP contribution is -2.48. The summed E-state index contributed by atoms with van der Waals surface area (Å²) in [5.41, 5.74) is -5.23. The standard InChI is InChI=1S/C14H27F3N4O2S2/c1-13(2,24-4)10-20-12(18-3)19-9-11-5-7-21(8-6-11)25(22,23)14(15,16)17/h11H,5-10H2,1-4H3,(H2,18,19,20). The number of piperidine rings is 1. The summed E-state index contributed by atoms with van der Waals surface area (Å²) in [6.45, 7) is 5.25. The van der Waals surface area contributed by atoms with Gasteiger partial charge in [0.25, 0.3) is 0 Å². The lowest BCUT2D eigenvalue weighted by molar-refractivity contribution is -0.0496. The molecule has 25 heavy (non-hydrogen) atoms. The molecule has 0 unspecified atom stereocenters. The lowest BCUT2D eigenvalue weighted by Gasteiger charge is -2.32. The van der Waals surface area contributed by atoms with Gasteiger partial charge in [0.2, 0.25) is 0 Å². The predicted octanol–water partition coefficient (Wildman–Crippen LogP) is 1.85. The number of nitrogens with one attached hydrogen (secondary N) is 2. The van der Waals surface area contributed by atoms with E-state index in [4.69, 9.17) is 0 Å². The van der Waals surface area contributed by atoms with Crippen LogP contribution in [-0.2, 0) is 10.0 Å². The number of halogens is 3. The SMILES string of the molecule is CN=C(NCC1CCN(S(=O)(=O)C(F)(F)F)CC1)NCC(C)(C)SC. The maximum Gasteiger partial charge on any atom is 0.511 e. The first kappa shape index (κ1) is 22.4. The second-order valence-electron chi connectivity index (χ2n) is 6.56. The van der Waals surface area contributed by atoms with Gasteiger partial charge in [-0.2, -0.15) is 29.2 Å². The highest BCUT2D eigenvalue weighted by Gasteiger charge is 2.50. The third-order valence-electron chi connectivity index (χ3n) is 4.22. The number of guanidine groups is 1. The first-order chi connectivity index (χ1) is 11.4. The van der Waals surface area contributed by atoms with Crippen molar-refractivity contribution in [2.75, 3.05) is 39.5 Å². The van der Waals surface area contributed by atoms with Gasteiger partial charge in [0, 0.05) is 38.0 Å². The maximum absolute atomic E-state index is 12.6.